The van der Waals surface area contributed by atoms with Gasteiger partial charge in [-0.3, -0.25) is 0 Å². The minimum absolute atomic E-state index is 0.0307. The molecule has 1 aliphatic carbocycles. The van der Waals surface area contributed by atoms with Gasteiger partial charge in [0.15, 0.2) is 6.61 Å². The number of ether oxygens (including phenoxy) is 1. The van der Waals surface area contributed by atoms with E-state index in [4.69, 9.17) is 5.73 Å². The molecule has 0 saturated heterocycles. The van der Waals surface area contributed by atoms with E-state index in [1.54, 1.807) is 6.07 Å². The van der Waals surface area contributed by atoms with E-state index in [1.807, 2.05) is 0 Å². The van der Waals surface area contributed by atoms with Crippen molar-refractivity contribution in [2.24, 2.45) is 11.7 Å². The monoisotopic (exact) mass is 303 g/mol. The molecule has 2 rings (SSSR count). The van der Waals surface area contributed by atoms with Crippen molar-refractivity contribution in [1.82, 2.24) is 4.98 Å². The molecular weight excluding hydrogens is 283 g/mol. The Balaban J connectivity index is 1.89. The van der Waals surface area contributed by atoms with Crippen molar-refractivity contribution in [2.45, 2.75) is 37.9 Å². The van der Waals surface area contributed by atoms with Crippen molar-refractivity contribution >= 4 is 5.69 Å². The number of pyridine rings is 1. The first kappa shape index (κ1) is 15.9. The van der Waals surface area contributed by atoms with Gasteiger partial charge in [-0.15, -0.1) is 0 Å². The fraction of sp³-hybridized carbons (Fsp3) is 0.643. The largest absolute Gasteiger partial charge is 0.468 e. The highest BCUT2D eigenvalue weighted by Gasteiger charge is 2.28. The topological polar surface area (TPSA) is 60.2 Å². The van der Waals surface area contributed by atoms with E-state index in [2.05, 4.69) is 15.0 Å². The molecule has 1 aliphatic rings. The van der Waals surface area contributed by atoms with Gasteiger partial charge < -0.3 is 15.8 Å². The molecule has 4 nitrogen and oxygen atoms in total. The fourth-order valence-electron chi connectivity index (χ4n) is 2.60. The summed E-state index contributed by atoms with van der Waals surface area (Å²) in [5, 5.41) is 3.36. The Bertz CT molecular complexity index is 436. The van der Waals surface area contributed by atoms with Crippen molar-refractivity contribution in [3.05, 3.63) is 18.3 Å². The first-order valence-corrected chi connectivity index (χ1v) is 7.10. The number of hydrogen-bond acceptors (Lipinski definition) is 4. The Kier molecular flexibility index (Phi) is 5.27. The summed E-state index contributed by atoms with van der Waals surface area (Å²) in [7, 11) is 0. The zero-order valence-corrected chi connectivity index (χ0v) is 11.7. The first-order valence-electron chi connectivity index (χ1n) is 7.10. The van der Waals surface area contributed by atoms with Crippen LogP contribution >= 0.6 is 0 Å². The van der Waals surface area contributed by atoms with Gasteiger partial charge in [0.1, 0.15) is 0 Å². The molecule has 2 unspecified atom stereocenters. The molecule has 3 N–H and O–H groups in total. The van der Waals surface area contributed by atoms with E-state index >= 15 is 0 Å². The third kappa shape index (κ3) is 5.08. The minimum Gasteiger partial charge on any atom is -0.468 e. The predicted octanol–water partition coefficient (Wildman–Crippen LogP) is 2.95. The smallest absolute Gasteiger partial charge is 0.422 e. The van der Waals surface area contributed by atoms with Crippen LogP contribution < -0.4 is 15.8 Å². The zero-order chi connectivity index (χ0) is 15.3. The molecule has 1 aromatic rings. The molecule has 0 spiro atoms. The quantitative estimate of drug-likeness (QED) is 0.878. The number of nitrogens with one attached hydrogen (secondary N) is 1. The maximum atomic E-state index is 12.0. The highest BCUT2D eigenvalue weighted by atomic mass is 19.4. The highest BCUT2D eigenvalue weighted by molar-refractivity contribution is 5.43. The van der Waals surface area contributed by atoms with Gasteiger partial charge in [0.05, 0.1) is 11.9 Å². The number of aromatic nitrogens is 1. The molecule has 2 atom stereocenters. The molecule has 0 bridgehead atoms. The third-order valence-electron chi connectivity index (χ3n) is 3.68. The van der Waals surface area contributed by atoms with E-state index < -0.39 is 12.8 Å². The molecule has 0 aliphatic heterocycles. The summed E-state index contributed by atoms with van der Waals surface area (Å²) in [5.74, 6) is 0.400. The van der Waals surface area contributed by atoms with E-state index in [-0.39, 0.29) is 5.88 Å². The normalized spacial score (nSPS) is 22.9. The SMILES string of the molecule is NCC1CCCCC1Nc1ccc(OCC(F)(F)F)nc1. The van der Waals surface area contributed by atoms with Crippen LogP contribution in [-0.2, 0) is 0 Å². The maximum Gasteiger partial charge on any atom is 0.422 e. The van der Waals surface area contributed by atoms with Crippen LogP contribution in [0.25, 0.3) is 0 Å². The van der Waals surface area contributed by atoms with E-state index in [0.29, 0.717) is 18.5 Å². The second-order valence-corrected chi connectivity index (χ2v) is 5.32. The molecule has 1 aromatic heterocycles. The summed E-state index contributed by atoms with van der Waals surface area (Å²) in [6.07, 6.45) is 1.66. The summed E-state index contributed by atoms with van der Waals surface area (Å²) in [4.78, 5) is 3.88. The van der Waals surface area contributed by atoms with E-state index in [9.17, 15) is 13.2 Å². The number of anilines is 1. The maximum absolute atomic E-state index is 12.0. The summed E-state index contributed by atoms with van der Waals surface area (Å²) < 4.78 is 40.7. The molecule has 118 valence electrons. The number of halogens is 3. The molecule has 0 aromatic carbocycles. The fourth-order valence-corrected chi connectivity index (χ4v) is 2.60. The van der Waals surface area contributed by atoms with Crippen molar-refractivity contribution in [2.75, 3.05) is 18.5 Å². The number of nitrogens with two attached hydrogens (primary N) is 1. The van der Waals surface area contributed by atoms with Gasteiger partial charge in [-0.05, 0) is 31.4 Å². The molecule has 21 heavy (non-hydrogen) atoms. The van der Waals surface area contributed by atoms with E-state index in [0.717, 1.165) is 24.9 Å². The molecule has 1 saturated carbocycles. The predicted molar refractivity (Wildman–Crippen MR) is 74.2 cm³/mol. The number of nitrogens with zero attached hydrogens (tertiary/aromatic N) is 1. The number of rotatable bonds is 5. The van der Waals surface area contributed by atoms with Crippen LogP contribution in [0, 0.1) is 5.92 Å². The van der Waals surface area contributed by atoms with Gasteiger partial charge in [0.25, 0.3) is 0 Å². The Morgan fingerprint density at radius 2 is 2.05 bits per heavy atom. The summed E-state index contributed by atoms with van der Waals surface area (Å²) in [5.41, 5.74) is 6.55. The van der Waals surface area contributed by atoms with Gasteiger partial charge in [0.2, 0.25) is 5.88 Å². The Morgan fingerprint density at radius 1 is 1.29 bits per heavy atom. The lowest BCUT2D eigenvalue weighted by Crippen LogP contribution is -2.36. The zero-order valence-electron chi connectivity index (χ0n) is 11.7. The number of hydrogen-bond donors (Lipinski definition) is 2. The second-order valence-electron chi connectivity index (χ2n) is 5.32. The molecule has 0 radical (unpaired) electrons. The van der Waals surface area contributed by atoms with Crippen molar-refractivity contribution in [3.63, 3.8) is 0 Å². The molecular formula is C14H20F3N3O. The summed E-state index contributed by atoms with van der Waals surface area (Å²) in [6.45, 7) is -0.692. The van der Waals surface area contributed by atoms with Crippen LogP contribution in [0.1, 0.15) is 25.7 Å². The van der Waals surface area contributed by atoms with Crippen LogP contribution in [-0.4, -0.2) is 30.4 Å². The second kappa shape index (κ2) is 6.98. The average molecular weight is 303 g/mol. The van der Waals surface area contributed by atoms with Crippen molar-refractivity contribution in [3.8, 4) is 5.88 Å². The van der Waals surface area contributed by atoms with Crippen LogP contribution in [0.5, 0.6) is 5.88 Å². The third-order valence-corrected chi connectivity index (χ3v) is 3.68. The summed E-state index contributed by atoms with van der Waals surface area (Å²) >= 11 is 0. The lowest BCUT2D eigenvalue weighted by atomic mass is 9.84. The molecule has 7 heteroatoms. The average Bonchev–Trinajstić information content (AvgIpc) is 2.46. The van der Waals surface area contributed by atoms with Crippen LogP contribution in [0.2, 0.25) is 0 Å². The Labute approximate surface area is 121 Å². The number of alkyl halides is 3. The van der Waals surface area contributed by atoms with Crippen molar-refractivity contribution in [1.29, 1.82) is 0 Å². The van der Waals surface area contributed by atoms with Crippen molar-refractivity contribution < 1.29 is 17.9 Å². The lowest BCUT2D eigenvalue weighted by Gasteiger charge is -2.32. The van der Waals surface area contributed by atoms with Crippen LogP contribution in [0.4, 0.5) is 18.9 Å². The van der Waals surface area contributed by atoms with Gasteiger partial charge in [-0.25, -0.2) is 4.98 Å². The van der Waals surface area contributed by atoms with Crippen LogP contribution in [0.15, 0.2) is 18.3 Å². The highest BCUT2D eigenvalue weighted by Crippen LogP contribution is 2.27. The first-order chi connectivity index (χ1) is 9.98. The lowest BCUT2D eigenvalue weighted by molar-refractivity contribution is -0.154. The summed E-state index contributed by atoms with van der Waals surface area (Å²) in [6, 6.07) is 3.42. The Morgan fingerprint density at radius 3 is 2.67 bits per heavy atom. The van der Waals surface area contributed by atoms with Crippen LogP contribution in [0.3, 0.4) is 0 Å². The Hall–Kier alpha value is -1.50. The minimum atomic E-state index is -4.35. The standard InChI is InChI=1S/C14H20F3N3O/c15-14(16,17)9-21-13-6-5-11(8-19-13)20-12-4-2-1-3-10(12)7-18/h5-6,8,10,12,20H,1-4,7,9,18H2. The van der Waals surface area contributed by atoms with Gasteiger partial charge in [0, 0.05) is 12.1 Å². The van der Waals surface area contributed by atoms with Gasteiger partial charge in [-0.1, -0.05) is 12.8 Å². The molecule has 1 heterocycles. The van der Waals surface area contributed by atoms with Gasteiger partial charge in [-0.2, -0.15) is 13.2 Å². The van der Waals surface area contributed by atoms with Gasteiger partial charge >= 0.3 is 6.18 Å². The molecule has 1 fully saturated rings. The molecule has 0 amide bonds. The van der Waals surface area contributed by atoms with E-state index in [1.165, 1.54) is 18.7 Å².